The Morgan fingerprint density at radius 3 is 2.60 bits per heavy atom. The SMILES string of the molecule is CC(N)(CNC(=O)[CH]COCc1ccccc1)C(N)=O. The van der Waals surface area contributed by atoms with Gasteiger partial charge in [0.25, 0.3) is 0 Å². The quantitative estimate of drug-likeness (QED) is 0.569. The highest BCUT2D eigenvalue weighted by atomic mass is 16.5. The van der Waals surface area contributed by atoms with Crippen molar-refractivity contribution in [3.63, 3.8) is 0 Å². The normalized spacial score (nSPS) is 13.5. The predicted octanol–water partition coefficient (Wildman–Crippen LogP) is -0.274. The molecule has 1 radical (unpaired) electrons. The molecule has 5 N–H and O–H groups in total. The van der Waals surface area contributed by atoms with Crippen molar-refractivity contribution in [2.45, 2.75) is 19.1 Å². The van der Waals surface area contributed by atoms with Crippen LogP contribution in [0, 0.1) is 6.42 Å². The monoisotopic (exact) mass is 278 g/mol. The molecule has 0 saturated heterocycles. The van der Waals surface area contributed by atoms with Gasteiger partial charge in [0.1, 0.15) is 5.54 Å². The third kappa shape index (κ3) is 5.81. The summed E-state index contributed by atoms with van der Waals surface area (Å²) in [4.78, 5) is 22.4. The minimum absolute atomic E-state index is 0.0175. The van der Waals surface area contributed by atoms with Gasteiger partial charge >= 0.3 is 0 Å². The Hall–Kier alpha value is -1.92. The number of ether oxygens (including phenoxy) is 1. The van der Waals surface area contributed by atoms with Gasteiger partial charge in [-0.05, 0) is 12.5 Å². The van der Waals surface area contributed by atoms with Crippen molar-refractivity contribution in [1.29, 1.82) is 0 Å². The van der Waals surface area contributed by atoms with Crippen molar-refractivity contribution in [2.75, 3.05) is 13.2 Å². The largest absolute Gasteiger partial charge is 0.376 e. The van der Waals surface area contributed by atoms with Gasteiger partial charge < -0.3 is 21.5 Å². The lowest BCUT2D eigenvalue weighted by atomic mass is 10.0. The van der Waals surface area contributed by atoms with E-state index in [4.69, 9.17) is 16.2 Å². The fraction of sp³-hybridized carbons (Fsp3) is 0.357. The molecule has 0 saturated carbocycles. The van der Waals surface area contributed by atoms with Crippen LogP contribution in [0.25, 0.3) is 0 Å². The first-order valence-corrected chi connectivity index (χ1v) is 6.23. The lowest BCUT2D eigenvalue weighted by molar-refractivity contribution is -0.123. The summed E-state index contributed by atoms with van der Waals surface area (Å²) in [7, 11) is 0. The van der Waals surface area contributed by atoms with Crippen LogP contribution in [0.5, 0.6) is 0 Å². The molecule has 2 amide bonds. The molecule has 0 heterocycles. The number of carbonyl (C=O) groups is 2. The summed E-state index contributed by atoms with van der Waals surface area (Å²) in [5.74, 6) is -1.02. The molecule has 6 heteroatoms. The van der Waals surface area contributed by atoms with Gasteiger partial charge in [-0.3, -0.25) is 9.59 Å². The third-order valence-electron chi connectivity index (χ3n) is 2.69. The molecule has 0 aliphatic rings. The Morgan fingerprint density at radius 2 is 2.00 bits per heavy atom. The summed E-state index contributed by atoms with van der Waals surface area (Å²) in [5, 5.41) is 2.50. The van der Waals surface area contributed by atoms with Gasteiger partial charge in [-0.2, -0.15) is 0 Å². The summed E-state index contributed by atoms with van der Waals surface area (Å²) < 4.78 is 5.33. The number of amides is 2. The second kappa shape index (κ2) is 7.62. The van der Waals surface area contributed by atoms with Crippen molar-refractivity contribution < 1.29 is 14.3 Å². The van der Waals surface area contributed by atoms with E-state index in [1.54, 1.807) is 0 Å². The lowest BCUT2D eigenvalue weighted by Crippen LogP contribution is -2.56. The number of nitrogens with one attached hydrogen (secondary N) is 1. The van der Waals surface area contributed by atoms with Crippen molar-refractivity contribution in [2.24, 2.45) is 11.5 Å². The highest BCUT2D eigenvalue weighted by Crippen LogP contribution is 2.00. The summed E-state index contributed by atoms with van der Waals surface area (Å²) in [5.41, 5.74) is 10.5. The topological polar surface area (TPSA) is 107 Å². The van der Waals surface area contributed by atoms with Crippen LogP contribution >= 0.6 is 0 Å². The molecule has 1 aromatic carbocycles. The van der Waals surface area contributed by atoms with Crippen LogP contribution in [-0.2, 0) is 20.9 Å². The van der Waals surface area contributed by atoms with E-state index in [2.05, 4.69) is 5.32 Å². The van der Waals surface area contributed by atoms with E-state index >= 15 is 0 Å². The lowest BCUT2D eigenvalue weighted by Gasteiger charge is -2.20. The third-order valence-corrected chi connectivity index (χ3v) is 2.69. The van der Waals surface area contributed by atoms with Crippen LogP contribution in [0.2, 0.25) is 0 Å². The number of carbonyl (C=O) groups excluding carboxylic acids is 2. The maximum atomic E-state index is 11.5. The Bertz CT molecular complexity index is 446. The molecule has 0 fully saturated rings. The van der Waals surface area contributed by atoms with Crippen molar-refractivity contribution >= 4 is 11.8 Å². The van der Waals surface area contributed by atoms with Crippen molar-refractivity contribution in [3.8, 4) is 0 Å². The number of hydrogen-bond donors (Lipinski definition) is 3. The average Bonchev–Trinajstić information content (AvgIpc) is 2.42. The zero-order valence-corrected chi connectivity index (χ0v) is 11.5. The molecule has 1 rings (SSSR count). The van der Waals surface area contributed by atoms with Crippen LogP contribution in [0.15, 0.2) is 30.3 Å². The molecule has 0 spiro atoms. The van der Waals surface area contributed by atoms with Gasteiger partial charge in [-0.15, -0.1) is 0 Å². The number of primary amides is 1. The highest BCUT2D eigenvalue weighted by molar-refractivity contribution is 5.87. The van der Waals surface area contributed by atoms with Gasteiger partial charge in [0.15, 0.2) is 0 Å². The fourth-order valence-electron chi connectivity index (χ4n) is 1.32. The molecule has 0 aromatic heterocycles. The first kappa shape index (κ1) is 16.1. The zero-order valence-electron chi connectivity index (χ0n) is 11.5. The molecule has 6 nitrogen and oxygen atoms in total. The first-order chi connectivity index (χ1) is 9.42. The molecular formula is C14H20N3O3. The summed E-state index contributed by atoms with van der Waals surface area (Å²) in [6.45, 7) is 2.05. The minimum Gasteiger partial charge on any atom is -0.376 e. The smallest absolute Gasteiger partial charge is 0.239 e. The number of nitrogens with two attached hydrogens (primary N) is 2. The summed E-state index contributed by atoms with van der Waals surface area (Å²) >= 11 is 0. The van der Waals surface area contributed by atoms with Crippen molar-refractivity contribution in [3.05, 3.63) is 42.3 Å². The molecule has 0 aliphatic carbocycles. The Morgan fingerprint density at radius 1 is 1.35 bits per heavy atom. The van der Waals surface area contributed by atoms with E-state index in [1.165, 1.54) is 13.3 Å². The summed E-state index contributed by atoms with van der Waals surface area (Å²) in [6.07, 6.45) is 1.35. The first-order valence-electron chi connectivity index (χ1n) is 6.23. The Labute approximate surface area is 118 Å². The average molecular weight is 278 g/mol. The fourth-order valence-corrected chi connectivity index (χ4v) is 1.32. The van der Waals surface area contributed by atoms with E-state index in [0.717, 1.165) is 5.56 Å². The van der Waals surface area contributed by atoms with E-state index < -0.39 is 11.4 Å². The van der Waals surface area contributed by atoms with E-state index in [9.17, 15) is 9.59 Å². The van der Waals surface area contributed by atoms with Gasteiger partial charge in [0.05, 0.1) is 19.6 Å². The molecule has 1 atom stereocenters. The molecule has 1 unspecified atom stereocenters. The molecular weight excluding hydrogens is 258 g/mol. The van der Waals surface area contributed by atoms with Crippen LogP contribution in [0.3, 0.4) is 0 Å². The van der Waals surface area contributed by atoms with Crippen LogP contribution < -0.4 is 16.8 Å². The van der Waals surface area contributed by atoms with Gasteiger partial charge in [0, 0.05) is 6.54 Å². The zero-order chi connectivity index (χ0) is 15.0. The maximum Gasteiger partial charge on any atom is 0.239 e. The second-order valence-electron chi connectivity index (χ2n) is 4.70. The minimum atomic E-state index is -1.26. The standard InChI is InChI=1S/C14H20N3O3/c1-14(16,13(15)19)10-17-12(18)7-8-20-9-11-5-3-2-4-6-11/h2-7H,8-10,16H2,1H3,(H2,15,19)(H,17,18). The van der Waals surface area contributed by atoms with Gasteiger partial charge in [-0.1, -0.05) is 30.3 Å². The maximum absolute atomic E-state index is 11.5. The van der Waals surface area contributed by atoms with Crippen molar-refractivity contribution in [1.82, 2.24) is 5.32 Å². The van der Waals surface area contributed by atoms with E-state index in [-0.39, 0.29) is 19.1 Å². The predicted molar refractivity (Wildman–Crippen MR) is 75.2 cm³/mol. The Kier molecular flexibility index (Phi) is 6.14. The van der Waals surface area contributed by atoms with Crippen LogP contribution in [-0.4, -0.2) is 30.5 Å². The van der Waals surface area contributed by atoms with Gasteiger partial charge in [-0.25, -0.2) is 0 Å². The number of benzene rings is 1. The molecule has 109 valence electrons. The van der Waals surface area contributed by atoms with Crippen LogP contribution in [0.1, 0.15) is 12.5 Å². The molecule has 0 bridgehead atoms. The van der Waals surface area contributed by atoms with E-state index in [1.807, 2.05) is 30.3 Å². The van der Waals surface area contributed by atoms with Crippen LogP contribution in [0.4, 0.5) is 0 Å². The number of rotatable bonds is 8. The summed E-state index contributed by atoms with van der Waals surface area (Å²) in [6, 6.07) is 9.63. The molecule has 20 heavy (non-hydrogen) atoms. The second-order valence-corrected chi connectivity index (χ2v) is 4.70. The van der Waals surface area contributed by atoms with Gasteiger partial charge in [0.2, 0.25) is 11.8 Å². The highest BCUT2D eigenvalue weighted by Gasteiger charge is 2.25. The van der Waals surface area contributed by atoms with E-state index in [0.29, 0.717) is 6.61 Å². The molecule has 0 aliphatic heterocycles. The Balaban J connectivity index is 2.16. The number of hydrogen-bond acceptors (Lipinski definition) is 4. The molecule has 1 aromatic rings.